The van der Waals surface area contributed by atoms with Crippen molar-refractivity contribution in [1.29, 1.82) is 0 Å². The molecule has 1 aromatic heterocycles. The molecular weight excluding hydrogens is 388 g/mol. The van der Waals surface area contributed by atoms with E-state index in [0.717, 1.165) is 24.7 Å². The lowest BCUT2D eigenvalue weighted by atomic mass is 9.99. The molecule has 1 fully saturated rings. The number of amides is 2. The molecule has 0 bridgehead atoms. The summed E-state index contributed by atoms with van der Waals surface area (Å²) in [5.74, 6) is 1.65. The second-order valence-corrected chi connectivity index (χ2v) is 8.86. The summed E-state index contributed by atoms with van der Waals surface area (Å²) in [6.45, 7) is 7.97. The number of rotatable bonds is 7. The Hall–Kier alpha value is -2.48. The second-order valence-electron chi connectivity index (χ2n) is 7.53. The summed E-state index contributed by atoms with van der Waals surface area (Å²) in [4.78, 5) is 26.8. The Bertz CT molecular complexity index is 829. The van der Waals surface area contributed by atoms with E-state index >= 15 is 0 Å². The number of carbonyl (C=O) groups excluding carboxylic acids is 2. The lowest BCUT2D eigenvalue weighted by Gasteiger charge is -2.32. The van der Waals surface area contributed by atoms with Gasteiger partial charge in [-0.15, -0.1) is 11.8 Å². The molecule has 2 heterocycles. The standard InChI is InChI=1S/C21H28N4O3S/c1-14-8-10-25(11-9-14)18-6-4-17(5-7-18)22-20(26)13-29-16(3)21(27)23-19-12-15(2)28-24-19/h4-7,12,14,16H,8-11,13H2,1-3H3,(H,22,26)(H,23,24,27)/t16-/m0/s1. The van der Waals surface area contributed by atoms with E-state index in [2.05, 4.69) is 39.7 Å². The van der Waals surface area contributed by atoms with E-state index in [1.165, 1.54) is 30.3 Å². The fourth-order valence-electron chi connectivity index (χ4n) is 3.15. The number of nitrogens with one attached hydrogen (secondary N) is 2. The molecule has 0 spiro atoms. The number of thioether (sulfide) groups is 1. The van der Waals surface area contributed by atoms with Gasteiger partial charge < -0.3 is 20.1 Å². The van der Waals surface area contributed by atoms with Crippen LogP contribution >= 0.6 is 11.8 Å². The molecule has 0 saturated carbocycles. The van der Waals surface area contributed by atoms with Crippen LogP contribution in [0, 0.1) is 12.8 Å². The van der Waals surface area contributed by atoms with Crippen LogP contribution in [0.15, 0.2) is 34.9 Å². The summed E-state index contributed by atoms with van der Waals surface area (Å²) in [7, 11) is 0. The topological polar surface area (TPSA) is 87.5 Å². The summed E-state index contributed by atoms with van der Waals surface area (Å²) in [6.07, 6.45) is 2.44. The highest BCUT2D eigenvalue weighted by Crippen LogP contribution is 2.24. The summed E-state index contributed by atoms with van der Waals surface area (Å²) in [6, 6.07) is 9.61. The van der Waals surface area contributed by atoms with Gasteiger partial charge in [-0.05, 0) is 56.9 Å². The van der Waals surface area contributed by atoms with Crippen molar-refractivity contribution < 1.29 is 14.1 Å². The summed E-state index contributed by atoms with van der Waals surface area (Å²) in [5.41, 5.74) is 1.96. The van der Waals surface area contributed by atoms with Crippen LogP contribution in [-0.4, -0.2) is 41.1 Å². The fourth-order valence-corrected chi connectivity index (χ4v) is 3.83. The fraction of sp³-hybridized carbons (Fsp3) is 0.476. The molecule has 1 aliphatic rings. The van der Waals surface area contributed by atoms with Gasteiger partial charge in [-0.3, -0.25) is 9.59 Å². The first-order chi connectivity index (χ1) is 13.9. The summed E-state index contributed by atoms with van der Waals surface area (Å²) in [5, 5.41) is 8.91. The van der Waals surface area contributed by atoms with E-state index in [1.54, 1.807) is 19.9 Å². The molecular formula is C21H28N4O3S. The molecule has 2 amide bonds. The van der Waals surface area contributed by atoms with E-state index in [4.69, 9.17) is 4.52 Å². The van der Waals surface area contributed by atoms with Crippen LogP contribution in [0.2, 0.25) is 0 Å². The van der Waals surface area contributed by atoms with Gasteiger partial charge in [-0.2, -0.15) is 0 Å². The minimum absolute atomic E-state index is 0.133. The molecule has 29 heavy (non-hydrogen) atoms. The first-order valence-electron chi connectivity index (χ1n) is 9.91. The molecule has 156 valence electrons. The van der Waals surface area contributed by atoms with Crippen LogP contribution in [0.25, 0.3) is 0 Å². The number of nitrogens with zero attached hydrogens (tertiary/aromatic N) is 2. The number of anilines is 3. The Morgan fingerprint density at radius 3 is 2.55 bits per heavy atom. The highest BCUT2D eigenvalue weighted by Gasteiger charge is 2.18. The lowest BCUT2D eigenvalue weighted by molar-refractivity contribution is -0.115. The van der Waals surface area contributed by atoms with E-state index in [9.17, 15) is 9.59 Å². The number of hydrogen-bond donors (Lipinski definition) is 2. The third kappa shape index (κ3) is 6.25. The number of aromatic nitrogens is 1. The predicted octanol–water partition coefficient (Wildman–Crippen LogP) is 3.92. The Labute approximate surface area is 175 Å². The molecule has 2 N–H and O–H groups in total. The van der Waals surface area contributed by atoms with E-state index in [-0.39, 0.29) is 22.8 Å². The maximum absolute atomic E-state index is 12.2. The highest BCUT2D eigenvalue weighted by atomic mass is 32.2. The Kier molecular flexibility index (Phi) is 7.19. The van der Waals surface area contributed by atoms with Gasteiger partial charge in [0.25, 0.3) is 0 Å². The van der Waals surface area contributed by atoms with Gasteiger partial charge in [0.2, 0.25) is 11.8 Å². The zero-order valence-electron chi connectivity index (χ0n) is 17.1. The molecule has 0 unspecified atom stereocenters. The van der Waals surface area contributed by atoms with Crippen LogP contribution in [0.3, 0.4) is 0 Å². The second kappa shape index (κ2) is 9.82. The highest BCUT2D eigenvalue weighted by molar-refractivity contribution is 8.01. The van der Waals surface area contributed by atoms with Gasteiger partial charge in [0.15, 0.2) is 5.82 Å². The van der Waals surface area contributed by atoms with Crippen molar-refractivity contribution in [3.05, 3.63) is 36.1 Å². The van der Waals surface area contributed by atoms with Crippen LogP contribution in [-0.2, 0) is 9.59 Å². The molecule has 1 aliphatic heterocycles. The van der Waals surface area contributed by atoms with Crippen LogP contribution < -0.4 is 15.5 Å². The van der Waals surface area contributed by atoms with Crippen molar-refractivity contribution in [1.82, 2.24) is 5.16 Å². The first kappa shape index (κ1) is 21.2. The minimum Gasteiger partial charge on any atom is -0.372 e. The molecule has 0 aliphatic carbocycles. The third-order valence-electron chi connectivity index (χ3n) is 5.01. The van der Waals surface area contributed by atoms with Gasteiger partial charge in [-0.25, -0.2) is 0 Å². The van der Waals surface area contributed by atoms with Crippen molar-refractivity contribution in [3.63, 3.8) is 0 Å². The molecule has 1 saturated heterocycles. The van der Waals surface area contributed by atoms with Crippen LogP contribution in [0.1, 0.15) is 32.4 Å². The smallest absolute Gasteiger partial charge is 0.238 e. The normalized spacial score (nSPS) is 15.8. The quantitative estimate of drug-likeness (QED) is 0.711. The summed E-state index contributed by atoms with van der Waals surface area (Å²) < 4.78 is 4.92. The minimum atomic E-state index is -0.387. The van der Waals surface area contributed by atoms with E-state index in [0.29, 0.717) is 11.6 Å². The largest absolute Gasteiger partial charge is 0.372 e. The zero-order valence-corrected chi connectivity index (χ0v) is 17.9. The summed E-state index contributed by atoms with van der Waals surface area (Å²) >= 11 is 1.27. The van der Waals surface area contributed by atoms with E-state index < -0.39 is 0 Å². The monoisotopic (exact) mass is 416 g/mol. The van der Waals surface area contributed by atoms with Gasteiger partial charge >= 0.3 is 0 Å². The number of aryl methyl sites for hydroxylation is 1. The van der Waals surface area contributed by atoms with Gasteiger partial charge in [0.05, 0.1) is 11.0 Å². The predicted molar refractivity (Wildman–Crippen MR) is 117 cm³/mol. The molecule has 3 rings (SSSR count). The SMILES string of the molecule is Cc1cc(NC(=O)[C@H](C)SCC(=O)Nc2ccc(N3CCC(C)CC3)cc2)no1. The number of hydrogen-bond acceptors (Lipinski definition) is 6. The maximum atomic E-state index is 12.2. The Morgan fingerprint density at radius 2 is 1.93 bits per heavy atom. The van der Waals surface area contributed by atoms with Crippen LogP contribution in [0.5, 0.6) is 0 Å². The molecule has 0 radical (unpaired) electrons. The van der Waals surface area contributed by atoms with Gasteiger partial charge in [0.1, 0.15) is 5.76 Å². The Morgan fingerprint density at radius 1 is 1.24 bits per heavy atom. The number of carbonyl (C=O) groups is 2. The van der Waals surface area contributed by atoms with Crippen molar-refractivity contribution in [3.8, 4) is 0 Å². The van der Waals surface area contributed by atoms with Crippen molar-refractivity contribution in [2.75, 3.05) is 34.4 Å². The Balaban J connectivity index is 1.42. The lowest BCUT2D eigenvalue weighted by Crippen LogP contribution is -2.32. The van der Waals surface area contributed by atoms with Gasteiger partial charge in [-0.1, -0.05) is 12.1 Å². The average molecular weight is 417 g/mol. The van der Waals surface area contributed by atoms with Gasteiger partial charge in [0, 0.05) is 30.5 Å². The molecule has 8 heteroatoms. The zero-order chi connectivity index (χ0) is 20.8. The van der Waals surface area contributed by atoms with E-state index in [1.807, 2.05) is 12.1 Å². The van der Waals surface area contributed by atoms with Crippen molar-refractivity contribution in [2.24, 2.45) is 5.92 Å². The van der Waals surface area contributed by atoms with Crippen molar-refractivity contribution in [2.45, 2.75) is 38.9 Å². The number of benzene rings is 1. The van der Waals surface area contributed by atoms with Crippen molar-refractivity contribution >= 4 is 40.8 Å². The first-order valence-corrected chi connectivity index (χ1v) is 11.0. The molecule has 7 nitrogen and oxygen atoms in total. The van der Waals surface area contributed by atoms with Crippen LogP contribution in [0.4, 0.5) is 17.2 Å². The number of piperidine rings is 1. The molecule has 1 atom stereocenters. The average Bonchev–Trinajstić information content (AvgIpc) is 3.12. The molecule has 2 aromatic rings. The molecule has 1 aromatic carbocycles. The third-order valence-corrected chi connectivity index (χ3v) is 6.16. The maximum Gasteiger partial charge on any atom is 0.238 e.